The number of halogens is 2. The largest absolute Gasteiger partial charge is 0.435 e. The van der Waals surface area contributed by atoms with E-state index in [4.69, 9.17) is 0 Å². The second-order valence-corrected chi connectivity index (χ2v) is 3.96. The van der Waals surface area contributed by atoms with Gasteiger partial charge in [0, 0.05) is 6.04 Å². The van der Waals surface area contributed by atoms with Crippen molar-refractivity contribution >= 4 is 0 Å². The quantitative estimate of drug-likeness (QED) is 0.837. The maximum atomic E-state index is 11.9. The summed E-state index contributed by atoms with van der Waals surface area (Å²) in [4.78, 5) is 0. The number of rotatable bonds is 5. The lowest BCUT2D eigenvalue weighted by atomic mass is 9.96. The van der Waals surface area contributed by atoms with Crippen LogP contribution in [0.2, 0.25) is 0 Å². The normalized spacial score (nSPS) is 13.2. The topological polar surface area (TPSA) is 21.3 Å². The zero-order valence-electron chi connectivity index (χ0n) is 9.71. The summed E-state index contributed by atoms with van der Waals surface area (Å²) in [6, 6.07) is 6.96. The minimum absolute atomic E-state index is 0.192. The van der Waals surface area contributed by atoms with E-state index in [0.29, 0.717) is 5.92 Å². The lowest BCUT2D eigenvalue weighted by molar-refractivity contribution is -0.0498. The summed E-state index contributed by atoms with van der Waals surface area (Å²) in [5, 5.41) is 3.19. The second kappa shape index (κ2) is 5.80. The standard InChI is InChI=1S/C12H17F2NO/c1-8(2)11(15-3)9-4-6-10(7-5-9)16-12(13)14/h4-8,11-12,15H,1-3H3. The highest BCUT2D eigenvalue weighted by Gasteiger charge is 2.13. The number of ether oxygens (including phenoxy) is 1. The molecule has 1 aromatic carbocycles. The zero-order chi connectivity index (χ0) is 12.1. The fourth-order valence-corrected chi connectivity index (χ4v) is 1.74. The van der Waals surface area contributed by atoms with Crippen LogP contribution in [0.15, 0.2) is 24.3 Å². The van der Waals surface area contributed by atoms with Crippen molar-refractivity contribution in [1.82, 2.24) is 5.32 Å². The van der Waals surface area contributed by atoms with E-state index in [0.717, 1.165) is 5.56 Å². The monoisotopic (exact) mass is 229 g/mol. The molecule has 1 rings (SSSR count). The van der Waals surface area contributed by atoms with Gasteiger partial charge in [0.25, 0.3) is 0 Å². The molecule has 1 unspecified atom stereocenters. The Morgan fingerprint density at radius 1 is 1.12 bits per heavy atom. The molecule has 1 N–H and O–H groups in total. The Kier molecular flexibility index (Phi) is 4.68. The first kappa shape index (κ1) is 12.9. The van der Waals surface area contributed by atoms with Gasteiger partial charge in [-0.2, -0.15) is 8.78 Å². The Hall–Kier alpha value is -1.16. The fraction of sp³-hybridized carbons (Fsp3) is 0.500. The second-order valence-electron chi connectivity index (χ2n) is 3.96. The summed E-state index contributed by atoms with van der Waals surface area (Å²) in [6.45, 7) is 1.44. The Balaban J connectivity index is 2.77. The number of alkyl halides is 2. The number of hydrogen-bond donors (Lipinski definition) is 1. The van der Waals surface area contributed by atoms with Gasteiger partial charge < -0.3 is 10.1 Å². The zero-order valence-corrected chi connectivity index (χ0v) is 9.71. The first-order valence-corrected chi connectivity index (χ1v) is 5.26. The van der Waals surface area contributed by atoms with Gasteiger partial charge in [-0.1, -0.05) is 26.0 Å². The van der Waals surface area contributed by atoms with Crippen LogP contribution in [-0.4, -0.2) is 13.7 Å². The highest BCUT2D eigenvalue weighted by molar-refractivity contribution is 5.29. The molecule has 0 aliphatic rings. The van der Waals surface area contributed by atoms with Crippen molar-refractivity contribution in [3.63, 3.8) is 0 Å². The predicted octanol–water partition coefficient (Wildman–Crippen LogP) is 3.20. The van der Waals surface area contributed by atoms with Gasteiger partial charge in [0.15, 0.2) is 0 Å². The minimum Gasteiger partial charge on any atom is -0.435 e. The first-order valence-electron chi connectivity index (χ1n) is 5.26. The molecule has 0 saturated heterocycles. The molecule has 1 aromatic rings. The molecule has 0 bridgehead atoms. The average molecular weight is 229 g/mol. The SMILES string of the molecule is CNC(c1ccc(OC(F)F)cc1)C(C)C. The average Bonchev–Trinajstić information content (AvgIpc) is 2.20. The van der Waals surface area contributed by atoms with E-state index in [9.17, 15) is 8.78 Å². The highest BCUT2D eigenvalue weighted by Crippen LogP contribution is 2.23. The van der Waals surface area contributed by atoms with E-state index in [-0.39, 0.29) is 11.8 Å². The van der Waals surface area contributed by atoms with Crippen LogP contribution < -0.4 is 10.1 Å². The summed E-state index contributed by atoms with van der Waals surface area (Å²) in [5.41, 5.74) is 1.07. The van der Waals surface area contributed by atoms with Crippen molar-refractivity contribution in [3.8, 4) is 5.75 Å². The van der Waals surface area contributed by atoms with Crippen LogP contribution in [0.4, 0.5) is 8.78 Å². The van der Waals surface area contributed by atoms with E-state index < -0.39 is 6.61 Å². The van der Waals surface area contributed by atoms with Gasteiger partial charge in [-0.25, -0.2) is 0 Å². The van der Waals surface area contributed by atoms with Crippen molar-refractivity contribution in [2.75, 3.05) is 7.05 Å². The summed E-state index contributed by atoms with van der Waals surface area (Å²) >= 11 is 0. The Morgan fingerprint density at radius 3 is 2.06 bits per heavy atom. The van der Waals surface area contributed by atoms with Gasteiger partial charge in [0.05, 0.1) is 0 Å². The van der Waals surface area contributed by atoms with Gasteiger partial charge in [0.1, 0.15) is 5.75 Å². The maximum absolute atomic E-state index is 11.9. The first-order chi connectivity index (χ1) is 7.54. The molecule has 0 aliphatic heterocycles. The van der Waals surface area contributed by atoms with Crippen LogP contribution in [-0.2, 0) is 0 Å². The third-order valence-electron chi connectivity index (χ3n) is 2.44. The van der Waals surface area contributed by atoms with Crippen molar-refractivity contribution in [2.45, 2.75) is 26.5 Å². The predicted molar refractivity (Wildman–Crippen MR) is 59.7 cm³/mol. The smallest absolute Gasteiger partial charge is 0.387 e. The van der Waals surface area contributed by atoms with Crippen molar-refractivity contribution in [1.29, 1.82) is 0 Å². The van der Waals surface area contributed by atoms with Crippen LogP contribution in [0.5, 0.6) is 5.75 Å². The third kappa shape index (κ3) is 3.45. The molecule has 2 nitrogen and oxygen atoms in total. The molecule has 0 saturated carbocycles. The van der Waals surface area contributed by atoms with Gasteiger partial charge in [-0.3, -0.25) is 0 Å². The van der Waals surface area contributed by atoms with Crippen LogP contribution in [0.25, 0.3) is 0 Å². The van der Waals surface area contributed by atoms with Gasteiger partial charge >= 0.3 is 6.61 Å². The highest BCUT2D eigenvalue weighted by atomic mass is 19.3. The number of nitrogens with one attached hydrogen (secondary N) is 1. The maximum Gasteiger partial charge on any atom is 0.387 e. The van der Waals surface area contributed by atoms with Gasteiger partial charge in [-0.05, 0) is 30.7 Å². The van der Waals surface area contributed by atoms with Crippen molar-refractivity contribution < 1.29 is 13.5 Å². The minimum atomic E-state index is -2.77. The Morgan fingerprint density at radius 2 is 1.69 bits per heavy atom. The van der Waals surface area contributed by atoms with Crippen LogP contribution in [0.1, 0.15) is 25.5 Å². The van der Waals surface area contributed by atoms with Crippen LogP contribution in [0, 0.1) is 5.92 Å². The number of hydrogen-bond acceptors (Lipinski definition) is 2. The van der Waals surface area contributed by atoms with E-state index in [1.807, 2.05) is 7.05 Å². The third-order valence-corrected chi connectivity index (χ3v) is 2.44. The van der Waals surface area contributed by atoms with E-state index in [1.165, 1.54) is 0 Å². The molecule has 0 fully saturated rings. The molecule has 0 aromatic heterocycles. The van der Waals surface area contributed by atoms with E-state index >= 15 is 0 Å². The molecule has 16 heavy (non-hydrogen) atoms. The van der Waals surface area contributed by atoms with Gasteiger partial charge in [0.2, 0.25) is 0 Å². The Labute approximate surface area is 94.6 Å². The van der Waals surface area contributed by atoms with Crippen molar-refractivity contribution in [3.05, 3.63) is 29.8 Å². The fourth-order valence-electron chi connectivity index (χ4n) is 1.74. The van der Waals surface area contributed by atoms with E-state index in [1.54, 1.807) is 24.3 Å². The van der Waals surface area contributed by atoms with Crippen LogP contribution >= 0.6 is 0 Å². The molecule has 0 aliphatic carbocycles. The Bertz CT molecular complexity index is 311. The summed E-state index contributed by atoms with van der Waals surface area (Å²) < 4.78 is 28.2. The molecule has 1 atom stereocenters. The molecule has 0 radical (unpaired) electrons. The molecule has 0 spiro atoms. The van der Waals surface area contributed by atoms with Crippen molar-refractivity contribution in [2.24, 2.45) is 5.92 Å². The van der Waals surface area contributed by atoms with Crippen LogP contribution in [0.3, 0.4) is 0 Å². The molecule has 0 heterocycles. The molecule has 0 amide bonds. The summed E-state index contributed by atoms with van der Waals surface area (Å²) in [5.74, 6) is 0.629. The van der Waals surface area contributed by atoms with Gasteiger partial charge in [-0.15, -0.1) is 0 Å². The summed E-state index contributed by atoms with van der Waals surface area (Å²) in [6.07, 6.45) is 0. The molecule has 4 heteroatoms. The lowest BCUT2D eigenvalue weighted by Gasteiger charge is -2.20. The molecular weight excluding hydrogens is 212 g/mol. The molecular formula is C12H17F2NO. The van der Waals surface area contributed by atoms with E-state index in [2.05, 4.69) is 23.9 Å². The number of benzene rings is 1. The molecule has 90 valence electrons. The lowest BCUT2D eigenvalue weighted by Crippen LogP contribution is -2.21. The summed E-state index contributed by atoms with van der Waals surface area (Å²) in [7, 11) is 1.88.